The third-order valence-electron chi connectivity index (χ3n) is 4.84. The van der Waals surface area contributed by atoms with Gasteiger partial charge in [-0.25, -0.2) is 4.98 Å². The first kappa shape index (κ1) is 16.5. The number of nitrogens with zero attached hydrogens (tertiary/aromatic N) is 4. The maximum absolute atomic E-state index is 12.4. The van der Waals surface area contributed by atoms with Crippen LogP contribution in [0.1, 0.15) is 64.7 Å². The first-order chi connectivity index (χ1) is 12.1. The number of ether oxygens (including phenoxy) is 1. The van der Waals surface area contributed by atoms with E-state index in [2.05, 4.69) is 25.1 Å². The van der Waals surface area contributed by atoms with Crippen molar-refractivity contribution < 1.29 is 14.6 Å². The molecule has 0 spiro atoms. The second kappa shape index (κ2) is 6.38. The number of carbonyl (C=O) groups excluding carboxylic acids is 1. The average molecular weight is 363 g/mol. The predicted molar refractivity (Wildman–Crippen MR) is 90.8 cm³/mol. The summed E-state index contributed by atoms with van der Waals surface area (Å²) in [6, 6.07) is 0.569. The summed E-state index contributed by atoms with van der Waals surface area (Å²) in [6.45, 7) is 1.73. The van der Waals surface area contributed by atoms with E-state index in [1.807, 2.05) is 6.92 Å². The maximum atomic E-state index is 12.4. The Bertz CT molecular complexity index is 792. The Kier molecular flexibility index (Phi) is 4.20. The van der Waals surface area contributed by atoms with E-state index in [-0.39, 0.29) is 24.5 Å². The molecule has 0 aromatic carbocycles. The molecule has 2 heterocycles. The quantitative estimate of drug-likeness (QED) is 0.807. The number of aliphatic hydroxyl groups is 1. The van der Waals surface area contributed by atoms with Crippen molar-refractivity contribution in [3.63, 3.8) is 0 Å². The molecule has 2 aliphatic carbocycles. The zero-order valence-electron chi connectivity index (χ0n) is 14.2. The van der Waals surface area contributed by atoms with Crippen molar-refractivity contribution in [2.45, 2.75) is 57.2 Å². The maximum Gasteiger partial charge on any atom is 0.273 e. The van der Waals surface area contributed by atoms with E-state index in [1.54, 1.807) is 7.11 Å². The van der Waals surface area contributed by atoms with Crippen LogP contribution >= 0.6 is 11.3 Å². The van der Waals surface area contributed by atoms with E-state index in [9.17, 15) is 9.90 Å². The molecule has 4 rings (SSSR count). The molecule has 0 atom stereocenters. The molecular weight excluding hydrogens is 342 g/mol. The number of methoxy groups -OCH3 is 1. The molecule has 2 fully saturated rings. The van der Waals surface area contributed by atoms with Gasteiger partial charge in [-0.1, -0.05) is 11.3 Å². The summed E-state index contributed by atoms with van der Waals surface area (Å²) in [6.07, 6.45) is 3.93. The fraction of sp³-hybridized carbons (Fsp3) is 0.625. The number of carbonyl (C=O) groups is 1. The molecule has 2 aromatic heterocycles. The molecule has 0 aliphatic heterocycles. The summed E-state index contributed by atoms with van der Waals surface area (Å²) in [7, 11) is 1.55. The smallest absolute Gasteiger partial charge is 0.273 e. The van der Waals surface area contributed by atoms with E-state index in [4.69, 9.17) is 4.74 Å². The van der Waals surface area contributed by atoms with Crippen molar-refractivity contribution in [2.24, 2.45) is 0 Å². The Labute approximate surface area is 149 Å². The minimum Gasteiger partial charge on any atom is -0.473 e. The number of thiazole rings is 1. The van der Waals surface area contributed by atoms with Crippen molar-refractivity contribution >= 4 is 17.2 Å². The highest BCUT2D eigenvalue weighted by Gasteiger charge is 2.39. The zero-order chi connectivity index (χ0) is 17.6. The Morgan fingerprint density at radius 3 is 2.76 bits per heavy atom. The third-order valence-corrected chi connectivity index (χ3v) is 5.96. The zero-order valence-corrected chi connectivity index (χ0v) is 15.0. The number of hydrogen-bond donors (Lipinski definition) is 2. The minimum atomic E-state index is -0.0959. The molecule has 9 heteroatoms. The fourth-order valence-electron chi connectivity index (χ4n) is 3.32. The topological polar surface area (TPSA) is 102 Å². The highest BCUT2D eigenvalue weighted by molar-refractivity contribution is 7.15. The number of aliphatic hydroxyl groups excluding tert-OH is 1. The van der Waals surface area contributed by atoms with Gasteiger partial charge >= 0.3 is 0 Å². The molecular formula is C16H21N5O3S. The van der Waals surface area contributed by atoms with Gasteiger partial charge < -0.3 is 19.7 Å². The number of aryl methyl sites for hydroxylation is 1. The van der Waals surface area contributed by atoms with Crippen LogP contribution in [0.2, 0.25) is 0 Å². The predicted octanol–water partition coefficient (Wildman–Crippen LogP) is 1.55. The van der Waals surface area contributed by atoms with Gasteiger partial charge in [0.05, 0.1) is 12.8 Å². The van der Waals surface area contributed by atoms with E-state index >= 15 is 0 Å². The summed E-state index contributed by atoms with van der Waals surface area (Å²) in [4.78, 5) is 17.2. The van der Waals surface area contributed by atoms with Gasteiger partial charge in [-0.15, -0.1) is 10.2 Å². The molecule has 8 nitrogen and oxygen atoms in total. The number of hydrogen-bond acceptors (Lipinski definition) is 7. The third kappa shape index (κ3) is 3.02. The van der Waals surface area contributed by atoms with Crippen LogP contribution in [0.3, 0.4) is 0 Å². The van der Waals surface area contributed by atoms with E-state index in [0.717, 1.165) is 31.5 Å². The van der Waals surface area contributed by atoms with Gasteiger partial charge in [-0.3, -0.25) is 4.79 Å². The van der Waals surface area contributed by atoms with Gasteiger partial charge in [-0.2, -0.15) is 0 Å². The molecule has 2 N–H and O–H groups in total. The molecule has 0 saturated heterocycles. The van der Waals surface area contributed by atoms with Crippen LogP contribution in [0.5, 0.6) is 5.19 Å². The summed E-state index contributed by atoms with van der Waals surface area (Å²) >= 11 is 1.26. The molecule has 2 saturated carbocycles. The van der Waals surface area contributed by atoms with Crippen LogP contribution in [0.15, 0.2) is 0 Å². The molecule has 0 radical (unpaired) electrons. The lowest BCUT2D eigenvalue weighted by molar-refractivity contribution is 0.0910. The SMILES string of the molecule is COc1nc(C)c(C(=O)NC2CC(c3nnc(CO)n3C3CC3)C2)s1. The first-order valence-electron chi connectivity index (χ1n) is 8.47. The van der Waals surface area contributed by atoms with E-state index in [0.29, 0.717) is 27.6 Å². The fourth-order valence-corrected chi connectivity index (χ4v) is 4.11. The van der Waals surface area contributed by atoms with Crippen LogP contribution in [0.25, 0.3) is 0 Å². The Hall–Kier alpha value is -2.00. The van der Waals surface area contributed by atoms with Crippen LogP contribution in [0.4, 0.5) is 0 Å². The van der Waals surface area contributed by atoms with Crippen LogP contribution in [-0.4, -0.2) is 43.9 Å². The molecule has 134 valence electrons. The van der Waals surface area contributed by atoms with Crippen molar-refractivity contribution in [1.82, 2.24) is 25.1 Å². The second-order valence-corrected chi connectivity index (χ2v) is 7.63. The number of rotatable bonds is 6. The second-order valence-electron chi connectivity index (χ2n) is 6.67. The first-order valence-corrected chi connectivity index (χ1v) is 9.29. The van der Waals surface area contributed by atoms with Crippen LogP contribution < -0.4 is 10.1 Å². The highest BCUT2D eigenvalue weighted by atomic mass is 32.1. The van der Waals surface area contributed by atoms with Gasteiger partial charge in [0.15, 0.2) is 5.82 Å². The van der Waals surface area contributed by atoms with Gasteiger partial charge in [0.1, 0.15) is 17.3 Å². The molecule has 2 aliphatic rings. The van der Waals surface area contributed by atoms with Crippen LogP contribution in [0, 0.1) is 6.92 Å². The summed E-state index contributed by atoms with van der Waals surface area (Å²) in [5.41, 5.74) is 0.691. The van der Waals surface area contributed by atoms with Crippen molar-refractivity contribution in [3.8, 4) is 5.19 Å². The monoisotopic (exact) mass is 363 g/mol. The lowest BCUT2D eigenvalue weighted by Crippen LogP contribution is -2.44. The summed E-state index contributed by atoms with van der Waals surface area (Å²) in [5, 5.41) is 21.4. The summed E-state index contributed by atoms with van der Waals surface area (Å²) in [5.74, 6) is 1.79. The standard InChI is InChI=1S/C16H21N5O3S/c1-8-13(25-16(17-8)24-2)15(23)18-10-5-9(6-10)14-20-19-12(7-22)21(14)11-3-4-11/h9-11,22H,3-7H2,1-2H3,(H,18,23). The van der Waals surface area contributed by atoms with Crippen LogP contribution in [-0.2, 0) is 6.61 Å². The van der Waals surface area contributed by atoms with E-state index in [1.165, 1.54) is 11.3 Å². The van der Waals surface area contributed by atoms with Gasteiger partial charge in [-0.05, 0) is 32.6 Å². The van der Waals surface area contributed by atoms with E-state index < -0.39 is 0 Å². The minimum absolute atomic E-state index is 0.0805. The molecule has 1 amide bonds. The normalized spacial score (nSPS) is 22.5. The Morgan fingerprint density at radius 2 is 2.16 bits per heavy atom. The molecule has 2 aromatic rings. The van der Waals surface area contributed by atoms with Gasteiger partial charge in [0.2, 0.25) is 0 Å². The lowest BCUT2D eigenvalue weighted by atomic mass is 9.79. The number of nitrogens with one attached hydrogen (secondary N) is 1. The molecule has 0 bridgehead atoms. The van der Waals surface area contributed by atoms with Gasteiger partial charge in [0.25, 0.3) is 11.1 Å². The highest BCUT2D eigenvalue weighted by Crippen LogP contribution is 2.42. The largest absolute Gasteiger partial charge is 0.473 e. The van der Waals surface area contributed by atoms with Gasteiger partial charge in [0, 0.05) is 18.0 Å². The van der Waals surface area contributed by atoms with Crippen molar-refractivity contribution in [2.75, 3.05) is 7.11 Å². The molecule has 25 heavy (non-hydrogen) atoms. The lowest BCUT2D eigenvalue weighted by Gasteiger charge is -2.35. The number of amides is 1. The van der Waals surface area contributed by atoms with Crippen molar-refractivity contribution in [3.05, 3.63) is 22.2 Å². The Balaban J connectivity index is 1.38. The summed E-state index contributed by atoms with van der Waals surface area (Å²) < 4.78 is 7.19. The van der Waals surface area contributed by atoms with Crippen molar-refractivity contribution in [1.29, 1.82) is 0 Å². The Morgan fingerprint density at radius 1 is 1.40 bits per heavy atom. The number of aromatic nitrogens is 4. The average Bonchev–Trinajstić information content (AvgIpc) is 3.20. The molecule has 0 unspecified atom stereocenters.